The van der Waals surface area contributed by atoms with Crippen molar-refractivity contribution in [1.29, 1.82) is 0 Å². The minimum absolute atomic E-state index is 0.195. The lowest BCUT2D eigenvalue weighted by Crippen LogP contribution is -2.40. The highest BCUT2D eigenvalue weighted by molar-refractivity contribution is 5.76. The number of piperidine rings is 1. The molecule has 1 atom stereocenters. The zero-order valence-corrected chi connectivity index (χ0v) is 16.1. The SMILES string of the molecule is Cn1ccnc1CC1CCCN(C(=O)CCc2nc(C3CCCC3)no2)C1. The number of aryl methyl sites for hydroxylation is 2. The lowest BCUT2D eigenvalue weighted by atomic mass is 9.94. The van der Waals surface area contributed by atoms with Crippen LogP contribution in [0.3, 0.4) is 0 Å². The maximum atomic E-state index is 12.7. The third kappa shape index (κ3) is 4.39. The number of aromatic nitrogens is 4. The van der Waals surface area contributed by atoms with Gasteiger partial charge in [-0.2, -0.15) is 4.98 Å². The van der Waals surface area contributed by atoms with Crippen molar-refractivity contribution in [3.05, 3.63) is 29.9 Å². The van der Waals surface area contributed by atoms with Gasteiger partial charge in [0.2, 0.25) is 11.8 Å². The second-order valence-electron chi connectivity index (χ2n) is 8.03. The predicted octanol–water partition coefficient (Wildman–Crippen LogP) is 2.87. The Bertz CT molecular complexity index is 762. The van der Waals surface area contributed by atoms with E-state index in [4.69, 9.17) is 4.52 Å². The van der Waals surface area contributed by atoms with E-state index >= 15 is 0 Å². The van der Waals surface area contributed by atoms with Crippen LogP contribution in [0.15, 0.2) is 16.9 Å². The summed E-state index contributed by atoms with van der Waals surface area (Å²) in [4.78, 5) is 23.6. The number of nitrogens with zero attached hydrogens (tertiary/aromatic N) is 5. The van der Waals surface area contributed by atoms with Gasteiger partial charge in [-0.1, -0.05) is 18.0 Å². The van der Waals surface area contributed by atoms with Gasteiger partial charge in [-0.05, 0) is 31.6 Å². The summed E-state index contributed by atoms with van der Waals surface area (Å²) in [6, 6.07) is 0. The average molecular weight is 371 g/mol. The van der Waals surface area contributed by atoms with E-state index in [1.165, 1.54) is 12.8 Å². The molecule has 27 heavy (non-hydrogen) atoms. The maximum Gasteiger partial charge on any atom is 0.227 e. The first-order chi connectivity index (χ1) is 13.2. The summed E-state index contributed by atoms with van der Waals surface area (Å²) in [5.74, 6) is 3.67. The molecule has 1 saturated heterocycles. The highest BCUT2D eigenvalue weighted by Gasteiger charge is 2.26. The van der Waals surface area contributed by atoms with Gasteiger partial charge in [0, 0.05) is 57.7 Å². The van der Waals surface area contributed by atoms with Crippen LogP contribution >= 0.6 is 0 Å². The molecule has 0 spiro atoms. The van der Waals surface area contributed by atoms with E-state index in [0.717, 1.165) is 56.8 Å². The van der Waals surface area contributed by atoms with Crippen molar-refractivity contribution in [1.82, 2.24) is 24.6 Å². The fraction of sp³-hybridized carbons (Fsp3) is 0.700. The van der Waals surface area contributed by atoms with Gasteiger partial charge in [-0.3, -0.25) is 4.79 Å². The Balaban J connectivity index is 1.27. The quantitative estimate of drug-likeness (QED) is 0.780. The van der Waals surface area contributed by atoms with Crippen molar-refractivity contribution in [2.24, 2.45) is 13.0 Å². The summed E-state index contributed by atoms with van der Waals surface area (Å²) in [5.41, 5.74) is 0. The maximum absolute atomic E-state index is 12.7. The fourth-order valence-electron chi connectivity index (χ4n) is 4.40. The summed E-state index contributed by atoms with van der Waals surface area (Å²) >= 11 is 0. The van der Waals surface area contributed by atoms with Crippen LogP contribution in [-0.4, -0.2) is 43.6 Å². The normalized spacial score (nSPS) is 21.1. The van der Waals surface area contributed by atoms with Crippen molar-refractivity contribution in [2.45, 2.75) is 63.7 Å². The Labute approximate surface area is 160 Å². The Morgan fingerprint density at radius 3 is 2.89 bits per heavy atom. The van der Waals surface area contributed by atoms with Crippen molar-refractivity contribution in [2.75, 3.05) is 13.1 Å². The van der Waals surface area contributed by atoms with Gasteiger partial charge in [-0.25, -0.2) is 4.98 Å². The number of carbonyl (C=O) groups excluding carboxylic acids is 1. The molecule has 1 aliphatic carbocycles. The molecule has 7 nitrogen and oxygen atoms in total. The Kier molecular flexibility index (Phi) is 5.55. The first kappa shape index (κ1) is 18.2. The number of likely N-dealkylation sites (tertiary alicyclic amines) is 1. The monoisotopic (exact) mass is 371 g/mol. The van der Waals surface area contributed by atoms with E-state index in [9.17, 15) is 4.79 Å². The smallest absolute Gasteiger partial charge is 0.227 e. The van der Waals surface area contributed by atoms with Crippen molar-refractivity contribution >= 4 is 5.91 Å². The van der Waals surface area contributed by atoms with Crippen LogP contribution in [0.4, 0.5) is 0 Å². The molecule has 0 radical (unpaired) electrons. The van der Waals surface area contributed by atoms with E-state index in [0.29, 0.717) is 30.6 Å². The highest BCUT2D eigenvalue weighted by atomic mass is 16.5. The lowest BCUT2D eigenvalue weighted by Gasteiger charge is -2.32. The molecule has 0 N–H and O–H groups in total. The zero-order valence-electron chi connectivity index (χ0n) is 16.1. The molecule has 0 bridgehead atoms. The predicted molar refractivity (Wildman–Crippen MR) is 100 cm³/mol. The van der Waals surface area contributed by atoms with Crippen molar-refractivity contribution < 1.29 is 9.32 Å². The molecule has 2 aromatic heterocycles. The molecular weight excluding hydrogens is 342 g/mol. The molecule has 7 heteroatoms. The minimum Gasteiger partial charge on any atom is -0.342 e. The van der Waals surface area contributed by atoms with E-state index in [1.54, 1.807) is 0 Å². The second-order valence-corrected chi connectivity index (χ2v) is 8.03. The van der Waals surface area contributed by atoms with Crippen LogP contribution in [-0.2, 0) is 24.7 Å². The first-order valence-corrected chi connectivity index (χ1v) is 10.3. The van der Waals surface area contributed by atoms with Crippen LogP contribution < -0.4 is 0 Å². The van der Waals surface area contributed by atoms with Crippen LogP contribution in [0.1, 0.15) is 68.4 Å². The molecule has 146 valence electrons. The van der Waals surface area contributed by atoms with E-state index in [-0.39, 0.29) is 5.91 Å². The second kappa shape index (κ2) is 8.23. The number of imidazole rings is 1. The summed E-state index contributed by atoms with van der Waals surface area (Å²) in [6.45, 7) is 1.68. The Morgan fingerprint density at radius 1 is 1.26 bits per heavy atom. The minimum atomic E-state index is 0.195. The van der Waals surface area contributed by atoms with E-state index in [1.807, 2.05) is 24.3 Å². The van der Waals surface area contributed by atoms with Gasteiger partial charge in [0.05, 0.1) is 0 Å². The van der Waals surface area contributed by atoms with Gasteiger partial charge >= 0.3 is 0 Å². The van der Waals surface area contributed by atoms with Gasteiger partial charge in [-0.15, -0.1) is 0 Å². The van der Waals surface area contributed by atoms with E-state index < -0.39 is 0 Å². The third-order valence-corrected chi connectivity index (χ3v) is 6.02. The fourth-order valence-corrected chi connectivity index (χ4v) is 4.40. The van der Waals surface area contributed by atoms with Crippen molar-refractivity contribution in [3.63, 3.8) is 0 Å². The van der Waals surface area contributed by atoms with Gasteiger partial charge in [0.1, 0.15) is 5.82 Å². The molecule has 3 heterocycles. The number of amides is 1. The summed E-state index contributed by atoms with van der Waals surface area (Å²) in [7, 11) is 2.03. The van der Waals surface area contributed by atoms with Crippen molar-refractivity contribution in [3.8, 4) is 0 Å². The van der Waals surface area contributed by atoms with E-state index in [2.05, 4.69) is 19.7 Å². The molecular formula is C20H29N5O2. The highest BCUT2D eigenvalue weighted by Crippen LogP contribution is 2.32. The number of hydrogen-bond donors (Lipinski definition) is 0. The number of rotatable bonds is 6. The molecule has 2 aliphatic rings. The third-order valence-electron chi connectivity index (χ3n) is 6.02. The first-order valence-electron chi connectivity index (χ1n) is 10.3. The lowest BCUT2D eigenvalue weighted by molar-refractivity contribution is -0.133. The number of hydrogen-bond acceptors (Lipinski definition) is 5. The van der Waals surface area contributed by atoms with Gasteiger partial charge in [0.25, 0.3) is 0 Å². The molecule has 2 fully saturated rings. The molecule has 4 rings (SSSR count). The zero-order chi connectivity index (χ0) is 18.6. The molecule has 0 aromatic carbocycles. The summed E-state index contributed by atoms with van der Waals surface area (Å²) in [5, 5.41) is 4.13. The van der Waals surface area contributed by atoms with Gasteiger partial charge in [0.15, 0.2) is 5.82 Å². The van der Waals surface area contributed by atoms with Crippen LogP contribution in [0.5, 0.6) is 0 Å². The van der Waals surface area contributed by atoms with Crippen LogP contribution in [0, 0.1) is 5.92 Å². The van der Waals surface area contributed by atoms with Crippen LogP contribution in [0.25, 0.3) is 0 Å². The Hall–Kier alpha value is -2.18. The average Bonchev–Trinajstić information content (AvgIpc) is 3.42. The molecule has 1 aliphatic heterocycles. The standard InChI is InChI=1S/C20H29N5O2/c1-24-12-10-21-17(24)13-15-5-4-11-25(14-15)19(26)9-8-18-22-20(23-27-18)16-6-2-3-7-16/h10,12,15-16H,2-9,11,13-14H2,1H3. The molecule has 2 aromatic rings. The van der Waals surface area contributed by atoms with Gasteiger partial charge < -0.3 is 14.0 Å². The summed E-state index contributed by atoms with van der Waals surface area (Å²) in [6.07, 6.45) is 12.8. The Morgan fingerprint density at radius 2 is 2.11 bits per heavy atom. The number of carbonyl (C=O) groups is 1. The molecule has 1 amide bonds. The van der Waals surface area contributed by atoms with Crippen LogP contribution in [0.2, 0.25) is 0 Å². The largest absolute Gasteiger partial charge is 0.342 e. The molecule has 1 unspecified atom stereocenters. The molecule has 1 saturated carbocycles. The topological polar surface area (TPSA) is 77.1 Å². The summed E-state index contributed by atoms with van der Waals surface area (Å²) < 4.78 is 7.44.